The Labute approximate surface area is 125 Å². The number of hydrogen-bond acceptors (Lipinski definition) is 5. The highest BCUT2D eigenvalue weighted by atomic mass is 32.2. The summed E-state index contributed by atoms with van der Waals surface area (Å²) in [6, 6.07) is 6.88. The van der Waals surface area contributed by atoms with E-state index < -0.39 is 15.4 Å². The number of rotatable bonds is 8. The van der Waals surface area contributed by atoms with E-state index in [1.807, 2.05) is 19.1 Å². The summed E-state index contributed by atoms with van der Waals surface area (Å²) in [6.45, 7) is 2.22. The van der Waals surface area contributed by atoms with Gasteiger partial charge in [-0.1, -0.05) is 6.92 Å². The summed E-state index contributed by atoms with van der Waals surface area (Å²) in [7, 11) is -3.13. The number of thioether (sulfide) groups is 1. The molecule has 0 saturated carbocycles. The molecule has 0 fully saturated rings. The fourth-order valence-electron chi connectivity index (χ4n) is 1.80. The second-order valence-electron chi connectivity index (χ2n) is 4.98. The second kappa shape index (κ2) is 7.45. The molecule has 4 nitrogen and oxygen atoms in total. The van der Waals surface area contributed by atoms with Crippen LogP contribution in [0.25, 0.3) is 0 Å². The third-order valence-corrected chi connectivity index (χ3v) is 5.57. The summed E-state index contributed by atoms with van der Waals surface area (Å²) in [5.41, 5.74) is 4.81. The molecule has 1 atom stereocenters. The lowest BCUT2D eigenvalue weighted by Gasteiger charge is -2.24. The van der Waals surface area contributed by atoms with Gasteiger partial charge in [-0.25, -0.2) is 8.42 Å². The van der Waals surface area contributed by atoms with Gasteiger partial charge in [0.2, 0.25) is 0 Å². The van der Waals surface area contributed by atoms with Crippen LogP contribution in [0.15, 0.2) is 34.1 Å². The van der Waals surface area contributed by atoms with Gasteiger partial charge in [0.1, 0.15) is 0 Å². The molecule has 0 heterocycles. The minimum absolute atomic E-state index is 0.289. The topological polar surface area (TPSA) is 80.4 Å². The SMILES string of the molecule is CCC(O)(CN)CCCSc1ccc(S(C)(=O)=O)cc1. The Balaban J connectivity index is 2.44. The van der Waals surface area contributed by atoms with Crippen LogP contribution in [0.4, 0.5) is 0 Å². The van der Waals surface area contributed by atoms with Gasteiger partial charge in [0.15, 0.2) is 9.84 Å². The number of sulfone groups is 1. The maximum Gasteiger partial charge on any atom is 0.175 e. The molecule has 20 heavy (non-hydrogen) atoms. The summed E-state index contributed by atoms with van der Waals surface area (Å²) in [6.07, 6.45) is 3.43. The van der Waals surface area contributed by atoms with E-state index in [4.69, 9.17) is 5.73 Å². The number of hydrogen-bond donors (Lipinski definition) is 2. The maximum absolute atomic E-state index is 11.3. The smallest absolute Gasteiger partial charge is 0.175 e. The van der Waals surface area contributed by atoms with Gasteiger partial charge in [-0.3, -0.25) is 0 Å². The average Bonchev–Trinajstić information content (AvgIpc) is 2.43. The van der Waals surface area contributed by atoms with Gasteiger partial charge in [0.05, 0.1) is 10.5 Å². The predicted molar refractivity (Wildman–Crippen MR) is 83.8 cm³/mol. The molecule has 0 aliphatic carbocycles. The van der Waals surface area contributed by atoms with E-state index in [0.717, 1.165) is 17.1 Å². The van der Waals surface area contributed by atoms with E-state index in [-0.39, 0.29) is 6.54 Å². The molecule has 0 aromatic heterocycles. The third-order valence-electron chi connectivity index (χ3n) is 3.35. The Hall–Kier alpha value is -0.560. The van der Waals surface area contributed by atoms with Crippen LogP contribution in [0.5, 0.6) is 0 Å². The highest BCUT2D eigenvalue weighted by molar-refractivity contribution is 7.99. The van der Waals surface area contributed by atoms with Gasteiger partial charge >= 0.3 is 0 Å². The van der Waals surface area contributed by atoms with Crippen molar-refractivity contribution in [3.63, 3.8) is 0 Å². The molecule has 1 rings (SSSR count). The van der Waals surface area contributed by atoms with Crippen molar-refractivity contribution in [1.29, 1.82) is 0 Å². The normalized spacial score (nSPS) is 15.0. The van der Waals surface area contributed by atoms with Gasteiger partial charge in [0.25, 0.3) is 0 Å². The van der Waals surface area contributed by atoms with E-state index in [2.05, 4.69) is 0 Å². The van der Waals surface area contributed by atoms with Crippen LogP contribution in [0, 0.1) is 0 Å². The van der Waals surface area contributed by atoms with Crippen LogP contribution in [-0.2, 0) is 9.84 Å². The van der Waals surface area contributed by atoms with Crippen molar-refractivity contribution in [3.05, 3.63) is 24.3 Å². The Bertz CT molecular complexity index is 508. The van der Waals surface area contributed by atoms with Crippen molar-refractivity contribution < 1.29 is 13.5 Å². The molecule has 3 N–H and O–H groups in total. The summed E-state index contributed by atoms with van der Waals surface area (Å²) < 4.78 is 22.7. The number of nitrogens with two attached hydrogens (primary N) is 1. The highest BCUT2D eigenvalue weighted by Crippen LogP contribution is 2.23. The summed E-state index contributed by atoms with van der Waals surface area (Å²) in [5.74, 6) is 0.876. The van der Waals surface area contributed by atoms with Crippen LogP contribution < -0.4 is 5.73 Å². The number of aliphatic hydroxyl groups is 1. The molecule has 0 aliphatic rings. The fourth-order valence-corrected chi connectivity index (χ4v) is 3.28. The third kappa shape index (κ3) is 5.44. The van der Waals surface area contributed by atoms with Crippen molar-refractivity contribution >= 4 is 21.6 Å². The number of benzene rings is 1. The van der Waals surface area contributed by atoms with E-state index >= 15 is 0 Å². The molecule has 0 spiro atoms. The van der Waals surface area contributed by atoms with Gasteiger partial charge in [-0.2, -0.15) is 0 Å². The Morgan fingerprint density at radius 3 is 2.35 bits per heavy atom. The summed E-state index contributed by atoms with van der Waals surface area (Å²) >= 11 is 1.65. The first kappa shape index (κ1) is 17.5. The van der Waals surface area contributed by atoms with Crippen molar-refractivity contribution in [3.8, 4) is 0 Å². The first-order valence-corrected chi connectivity index (χ1v) is 9.54. The van der Waals surface area contributed by atoms with Crippen molar-refractivity contribution in [2.24, 2.45) is 5.73 Å². The molecule has 0 bridgehead atoms. The van der Waals surface area contributed by atoms with E-state index in [1.54, 1.807) is 23.9 Å². The zero-order valence-corrected chi connectivity index (χ0v) is 13.6. The zero-order valence-electron chi connectivity index (χ0n) is 12.0. The van der Waals surface area contributed by atoms with Crippen LogP contribution >= 0.6 is 11.8 Å². The Morgan fingerprint density at radius 1 is 1.30 bits per heavy atom. The van der Waals surface area contributed by atoms with Crippen LogP contribution in [0.1, 0.15) is 26.2 Å². The zero-order chi connectivity index (χ0) is 15.2. The lowest BCUT2D eigenvalue weighted by atomic mass is 9.95. The average molecular weight is 317 g/mol. The standard InChI is InChI=1S/C14H23NO3S2/c1-3-14(16,11-15)9-4-10-19-12-5-7-13(8-6-12)20(2,17)18/h5-8,16H,3-4,9-11,15H2,1-2H3. The first-order chi connectivity index (χ1) is 9.30. The molecule has 0 radical (unpaired) electrons. The summed E-state index contributed by atoms with van der Waals surface area (Å²) in [5, 5.41) is 10.1. The second-order valence-corrected chi connectivity index (χ2v) is 8.16. The van der Waals surface area contributed by atoms with E-state index in [1.165, 1.54) is 6.26 Å². The summed E-state index contributed by atoms with van der Waals surface area (Å²) in [4.78, 5) is 1.37. The monoisotopic (exact) mass is 317 g/mol. The maximum atomic E-state index is 11.3. The quantitative estimate of drug-likeness (QED) is 0.567. The van der Waals surface area contributed by atoms with Crippen molar-refractivity contribution in [1.82, 2.24) is 0 Å². The first-order valence-electron chi connectivity index (χ1n) is 6.66. The van der Waals surface area contributed by atoms with Crippen molar-refractivity contribution in [2.75, 3.05) is 18.6 Å². The Kier molecular flexibility index (Phi) is 6.51. The van der Waals surface area contributed by atoms with Gasteiger partial charge in [-0.05, 0) is 49.3 Å². The van der Waals surface area contributed by atoms with Gasteiger partial charge in [0, 0.05) is 17.7 Å². The molecule has 1 aromatic rings. The minimum atomic E-state index is -3.13. The van der Waals surface area contributed by atoms with Crippen LogP contribution in [0.2, 0.25) is 0 Å². The predicted octanol–water partition coefficient (Wildman–Crippen LogP) is 2.06. The van der Waals surface area contributed by atoms with Crippen LogP contribution in [-0.4, -0.2) is 37.7 Å². The molecule has 0 saturated heterocycles. The molecular weight excluding hydrogens is 294 g/mol. The van der Waals surface area contributed by atoms with Gasteiger partial charge in [-0.15, -0.1) is 11.8 Å². The molecule has 114 valence electrons. The molecule has 1 unspecified atom stereocenters. The highest BCUT2D eigenvalue weighted by Gasteiger charge is 2.21. The molecule has 6 heteroatoms. The lowest BCUT2D eigenvalue weighted by molar-refractivity contribution is 0.0360. The van der Waals surface area contributed by atoms with E-state index in [9.17, 15) is 13.5 Å². The van der Waals surface area contributed by atoms with Crippen LogP contribution in [0.3, 0.4) is 0 Å². The lowest BCUT2D eigenvalue weighted by Crippen LogP contribution is -2.36. The van der Waals surface area contributed by atoms with E-state index in [0.29, 0.717) is 17.7 Å². The van der Waals surface area contributed by atoms with Crippen molar-refractivity contribution in [2.45, 2.75) is 41.6 Å². The minimum Gasteiger partial charge on any atom is -0.389 e. The Morgan fingerprint density at radius 2 is 1.90 bits per heavy atom. The fraction of sp³-hybridized carbons (Fsp3) is 0.571. The molecule has 1 aromatic carbocycles. The molecule has 0 amide bonds. The molecule has 0 aliphatic heterocycles. The molecular formula is C14H23NO3S2. The van der Waals surface area contributed by atoms with Gasteiger partial charge < -0.3 is 10.8 Å². The largest absolute Gasteiger partial charge is 0.389 e.